The predicted octanol–water partition coefficient (Wildman–Crippen LogP) is 1.67. The molecule has 0 unspecified atom stereocenters. The van der Waals surface area contributed by atoms with Crippen LogP contribution in [0.2, 0.25) is 5.02 Å². The summed E-state index contributed by atoms with van der Waals surface area (Å²) in [4.78, 5) is 11.1. The van der Waals surface area contributed by atoms with Gasteiger partial charge in [-0.15, -0.1) is 0 Å². The number of methoxy groups -OCH3 is 1. The van der Waals surface area contributed by atoms with Crippen molar-refractivity contribution in [2.24, 2.45) is 0 Å². The Bertz CT molecular complexity index is 951. The van der Waals surface area contributed by atoms with Crippen LogP contribution in [0.15, 0.2) is 29.2 Å². The molecule has 0 radical (unpaired) electrons. The number of benzene rings is 1. The molecule has 0 spiro atoms. The fraction of sp³-hybridized carbons (Fsp3) is 0.444. The van der Waals surface area contributed by atoms with E-state index in [0.717, 1.165) is 18.9 Å². The minimum Gasteiger partial charge on any atom is -0.495 e. The van der Waals surface area contributed by atoms with Crippen LogP contribution in [-0.2, 0) is 14.8 Å². The largest absolute Gasteiger partial charge is 0.495 e. The molecule has 0 amide bonds. The molecule has 2 heterocycles. The van der Waals surface area contributed by atoms with Crippen molar-refractivity contribution in [3.63, 3.8) is 0 Å². The topological polar surface area (TPSA) is 106 Å². The van der Waals surface area contributed by atoms with E-state index in [2.05, 4.69) is 24.9 Å². The van der Waals surface area contributed by atoms with E-state index in [1.165, 1.54) is 25.3 Å². The van der Waals surface area contributed by atoms with Crippen LogP contribution in [0, 0.1) is 6.92 Å². The van der Waals surface area contributed by atoms with Gasteiger partial charge in [-0.1, -0.05) is 11.6 Å². The number of aromatic nitrogens is 2. The quantitative estimate of drug-likeness (QED) is 0.596. The Kier molecular flexibility index (Phi) is 7.12. The first-order valence-electron chi connectivity index (χ1n) is 9.14. The number of morpholine rings is 1. The average molecular weight is 442 g/mol. The highest BCUT2D eigenvalue weighted by atomic mass is 35.5. The van der Waals surface area contributed by atoms with Gasteiger partial charge in [0, 0.05) is 32.2 Å². The number of rotatable bonds is 8. The van der Waals surface area contributed by atoms with Crippen LogP contribution in [0.3, 0.4) is 0 Å². The number of ether oxygens (including phenoxy) is 2. The molecule has 3 rings (SSSR count). The molecule has 158 valence electrons. The summed E-state index contributed by atoms with van der Waals surface area (Å²) < 4.78 is 37.8. The molecule has 1 aromatic heterocycles. The maximum absolute atomic E-state index is 12.4. The van der Waals surface area contributed by atoms with Crippen LogP contribution in [0.5, 0.6) is 5.75 Å². The second kappa shape index (κ2) is 9.57. The van der Waals surface area contributed by atoms with E-state index in [1.807, 2.05) is 13.0 Å². The second-order valence-corrected chi connectivity index (χ2v) is 8.55. The lowest BCUT2D eigenvalue weighted by molar-refractivity contribution is 0.122. The third-order valence-electron chi connectivity index (χ3n) is 4.32. The molecule has 9 nitrogen and oxygen atoms in total. The van der Waals surface area contributed by atoms with Gasteiger partial charge in [0.05, 0.1) is 30.2 Å². The van der Waals surface area contributed by atoms with Gasteiger partial charge in [-0.2, -0.15) is 0 Å². The molecular weight excluding hydrogens is 418 g/mol. The lowest BCUT2D eigenvalue weighted by Gasteiger charge is -2.28. The normalized spacial score (nSPS) is 14.7. The molecule has 2 aromatic rings. The lowest BCUT2D eigenvalue weighted by Crippen LogP contribution is -2.37. The SMILES string of the molecule is COc1ccc(S(=O)(=O)NCCNc2cc(N3CCOCC3)nc(C)n2)cc1Cl. The Morgan fingerprint density at radius 2 is 1.97 bits per heavy atom. The summed E-state index contributed by atoms with van der Waals surface area (Å²) in [5.41, 5.74) is 0. The summed E-state index contributed by atoms with van der Waals surface area (Å²) in [6.45, 7) is 5.27. The average Bonchev–Trinajstić information content (AvgIpc) is 2.71. The number of nitrogens with zero attached hydrogens (tertiary/aromatic N) is 3. The number of sulfonamides is 1. The third-order valence-corrected chi connectivity index (χ3v) is 6.07. The minimum atomic E-state index is -3.68. The zero-order chi connectivity index (χ0) is 20.9. The minimum absolute atomic E-state index is 0.0794. The van der Waals surface area contributed by atoms with Gasteiger partial charge in [-0.05, 0) is 25.1 Å². The van der Waals surface area contributed by atoms with Crippen molar-refractivity contribution < 1.29 is 17.9 Å². The van der Waals surface area contributed by atoms with Gasteiger partial charge in [0.25, 0.3) is 0 Å². The maximum Gasteiger partial charge on any atom is 0.240 e. The fourth-order valence-electron chi connectivity index (χ4n) is 2.87. The first-order valence-corrected chi connectivity index (χ1v) is 11.0. The maximum atomic E-state index is 12.4. The van der Waals surface area contributed by atoms with E-state index in [-0.39, 0.29) is 16.5 Å². The highest BCUT2D eigenvalue weighted by Gasteiger charge is 2.16. The van der Waals surface area contributed by atoms with E-state index < -0.39 is 10.0 Å². The Hall–Kier alpha value is -2.14. The van der Waals surface area contributed by atoms with Crippen molar-refractivity contribution in [1.29, 1.82) is 0 Å². The molecule has 2 N–H and O–H groups in total. The van der Waals surface area contributed by atoms with Crippen LogP contribution >= 0.6 is 11.6 Å². The second-order valence-electron chi connectivity index (χ2n) is 6.38. The number of anilines is 2. The van der Waals surface area contributed by atoms with Crippen molar-refractivity contribution in [1.82, 2.24) is 14.7 Å². The predicted molar refractivity (Wildman–Crippen MR) is 111 cm³/mol. The fourth-order valence-corrected chi connectivity index (χ4v) is 4.25. The summed E-state index contributed by atoms with van der Waals surface area (Å²) in [6.07, 6.45) is 0. The Morgan fingerprint density at radius 1 is 1.21 bits per heavy atom. The molecular formula is C18H24ClN5O4S. The number of aryl methyl sites for hydroxylation is 1. The Balaban J connectivity index is 1.57. The zero-order valence-corrected chi connectivity index (χ0v) is 17.9. The first-order chi connectivity index (χ1) is 13.9. The number of hydrogen-bond acceptors (Lipinski definition) is 8. The summed E-state index contributed by atoms with van der Waals surface area (Å²) in [6, 6.07) is 6.18. The van der Waals surface area contributed by atoms with E-state index in [9.17, 15) is 8.42 Å². The van der Waals surface area contributed by atoms with Crippen molar-refractivity contribution >= 4 is 33.3 Å². The van der Waals surface area contributed by atoms with Gasteiger partial charge < -0.3 is 19.7 Å². The molecule has 1 aliphatic rings. The molecule has 29 heavy (non-hydrogen) atoms. The smallest absolute Gasteiger partial charge is 0.240 e. The summed E-state index contributed by atoms with van der Waals surface area (Å²) in [7, 11) is -2.21. The monoisotopic (exact) mass is 441 g/mol. The molecule has 1 aliphatic heterocycles. The molecule has 1 fully saturated rings. The van der Waals surface area contributed by atoms with Crippen LogP contribution in [0.1, 0.15) is 5.82 Å². The van der Waals surface area contributed by atoms with E-state index in [0.29, 0.717) is 37.2 Å². The third kappa shape index (κ3) is 5.69. The standard InChI is InChI=1S/C18H24ClN5O4S/c1-13-22-17(12-18(23-13)24-7-9-28-10-8-24)20-5-6-21-29(25,26)14-3-4-16(27-2)15(19)11-14/h3-4,11-12,21H,5-10H2,1-2H3,(H,20,22,23). The molecule has 0 bridgehead atoms. The number of halogens is 1. The highest BCUT2D eigenvalue weighted by Crippen LogP contribution is 2.26. The van der Waals surface area contributed by atoms with Crippen molar-refractivity contribution in [2.45, 2.75) is 11.8 Å². The molecule has 1 saturated heterocycles. The van der Waals surface area contributed by atoms with Crippen LogP contribution < -0.4 is 19.7 Å². The van der Waals surface area contributed by atoms with Gasteiger partial charge in [-0.25, -0.2) is 23.1 Å². The van der Waals surface area contributed by atoms with Crippen molar-refractivity contribution in [2.75, 3.05) is 56.7 Å². The summed E-state index contributed by atoms with van der Waals surface area (Å²) in [5.74, 6) is 2.54. The van der Waals surface area contributed by atoms with E-state index >= 15 is 0 Å². The molecule has 0 aliphatic carbocycles. The van der Waals surface area contributed by atoms with Gasteiger partial charge in [0.1, 0.15) is 23.2 Å². The van der Waals surface area contributed by atoms with Gasteiger partial charge >= 0.3 is 0 Å². The van der Waals surface area contributed by atoms with E-state index in [1.54, 1.807) is 0 Å². The summed E-state index contributed by atoms with van der Waals surface area (Å²) in [5, 5.41) is 3.37. The van der Waals surface area contributed by atoms with Crippen LogP contribution in [-0.4, -0.2) is 64.9 Å². The zero-order valence-electron chi connectivity index (χ0n) is 16.3. The van der Waals surface area contributed by atoms with Crippen LogP contribution in [0.25, 0.3) is 0 Å². The molecule has 0 saturated carbocycles. The van der Waals surface area contributed by atoms with Crippen molar-refractivity contribution in [3.05, 3.63) is 35.1 Å². The number of hydrogen-bond donors (Lipinski definition) is 2. The Morgan fingerprint density at radius 3 is 2.66 bits per heavy atom. The van der Waals surface area contributed by atoms with Gasteiger partial charge in [0.2, 0.25) is 10.0 Å². The van der Waals surface area contributed by atoms with E-state index in [4.69, 9.17) is 21.1 Å². The first kappa shape index (κ1) is 21.6. The van der Waals surface area contributed by atoms with Crippen LogP contribution in [0.4, 0.5) is 11.6 Å². The van der Waals surface area contributed by atoms with Gasteiger partial charge in [0.15, 0.2) is 0 Å². The number of nitrogens with one attached hydrogen (secondary N) is 2. The Labute approximate surface area is 175 Å². The molecule has 1 aromatic carbocycles. The molecule has 11 heteroatoms. The van der Waals surface area contributed by atoms with Crippen molar-refractivity contribution in [3.8, 4) is 5.75 Å². The lowest BCUT2D eigenvalue weighted by atomic mass is 10.3. The highest BCUT2D eigenvalue weighted by molar-refractivity contribution is 7.89. The van der Waals surface area contributed by atoms with Gasteiger partial charge in [-0.3, -0.25) is 0 Å². The summed E-state index contributed by atoms with van der Waals surface area (Å²) >= 11 is 6.02. The molecule has 0 atom stereocenters.